The van der Waals surface area contributed by atoms with Gasteiger partial charge >= 0.3 is 0 Å². The Morgan fingerprint density at radius 1 is 1.23 bits per heavy atom. The maximum atomic E-state index is 12.0. The molecule has 2 rings (SSSR count). The molecule has 2 aromatic rings. The molecule has 5 nitrogen and oxygen atoms in total. The summed E-state index contributed by atoms with van der Waals surface area (Å²) in [4.78, 5) is 22.3. The number of ketones is 1. The Morgan fingerprint density at radius 2 is 1.91 bits per heavy atom. The summed E-state index contributed by atoms with van der Waals surface area (Å²) in [5, 5.41) is 13.9. The van der Waals surface area contributed by atoms with Crippen molar-refractivity contribution >= 4 is 44.7 Å². The molecule has 0 spiro atoms. The Balaban J connectivity index is 1.93. The Kier molecular flexibility index (Phi) is 5.51. The molecule has 0 bridgehead atoms. The van der Waals surface area contributed by atoms with Crippen molar-refractivity contribution in [2.75, 3.05) is 11.9 Å². The summed E-state index contributed by atoms with van der Waals surface area (Å²) in [6.07, 6.45) is 0.290. The van der Waals surface area contributed by atoms with E-state index in [-0.39, 0.29) is 22.9 Å². The maximum absolute atomic E-state index is 12.0. The smallest absolute Gasteiger partial charge is 0.289 e. The van der Waals surface area contributed by atoms with Crippen LogP contribution in [-0.4, -0.2) is 17.3 Å². The van der Waals surface area contributed by atoms with Gasteiger partial charge in [-0.2, -0.15) is 0 Å². The second-order valence-corrected chi connectivity index (χ2v) is 5.85. The predicted octanol–water partition coefficient (Wildman–Crippen LogP) is 4.70. The average molecular weight is 384 g/mol. The molecule has 0 saturated carbocycles. The maximum Gasteiger partial charge on any atom is 0.289 e. The second kappa shape index (κ2) is 7.38. The lowest BCUT2D eigenvalue weighted by atomic mass is 10.1. The molecule has 0 amide bonds. The van der Waals surface area contributed by atoms with Gasteiger partial charge in [-0.25, -0.2) is 0 Å². The molecule has 0 saturated heterocycles. The number of hydrogen-bond acceptors (Lipinski definition) is 4. The van der Waals surface area contributed by atoms with Gasteiger partial charge in [0.1, 0.15) is 5.02 Å². The molecule has 0 radical (unpaired) electrons. The molecule has 7 heteroatoms. The number of carbonyl (C=O) groups is 1. The minimum atomic E-state index is -0.541. The Bertz CT molecular complexity index is 704. The van der Waals surface area contributed by atoms with Crippen LogP contribution in [0, 0.1) is 10.1 Å². The highest BCUT2D eigenvalue weighted by atomic mass is 79.9. The van der Waals surface area contributed by atoms with Crippen LogP contribution in [0.3, 0.4) is 0 Å². The molecule has 2 aromatic carbocycles. The molecular formula is C15H12BrClN2O3. The number of rotatable bonds is 6. The number of Topliss-reactive ketones (excluding diaryl/α,β-unsaturated/α-hetero) is 1. The quantitative estimate of drug-likeness (QED) is 0.446. The molecule has 0 aliphatic heterocycles. The second-order valence-electron chi connectivity index (χ2n) is 4.53. The standard InChI is InChI=1S/C15H12BrClN2O3/c16-11-3-1-10(2-4-11)15(20)7-8-18-12-5-6-13(17)14(9-12)19(21)22/h1-6,9,18H,7-8H2. The molecule has 1 N–H and O–H groups in total. The number of anilines is 1. The number of halogens is 2. The van der Waals surface area contributed by atoms with Crippen LogP contribution < -0.4 is 5.32 Å². The fourth-order valence-electron chi connectivity index (χ4n) is 1.86. The molecule has 0 unspecified atom stereocenters. The summed E-state index contributed by atoms with van der Waals surface area (Å²) in [6, 6.07) is 11.6. The van der Waals surface area contributed by atoms with Crippen molar-refractivity contribution in [3.05, 3.63) is 67.6 Å². The molecule has 22 heavy (non-hydrogen) atoms. The number of nitrogens with one attached hydrogen (secondary N) is 1. The molecule has 114 valence electrons. The molecule has 0 fully saturated rings. The van der Waals surface area contributed by atoms with Gasteiger partial charge in [0.25, 0.3) is 5.69 Å². The zero-order valence-electron chi connectivity index (χ0n) is 11.4. The lowest BCUT2D eigenvalue weighted by Crippen LogP contribution is -2.09. The third kappa shape index (κ3) is 4.29. The van der Waals surface area contributed by atoms with Gasteiger partial charge in [0.2, 0.25) is 0 Å². The van der Waals surface area contributed by atoms with Crippen LogP contribution in [0.2, 0.25) is 5.02 Å². The summed E-state index contributed by atoms with van der Waals surface area (Å²) in [7, 11) is 0. The highest BCUT2D eigenvalue weighted by molar-refractivity contribution is 9.10. The van der Waals surface area contributed by atoms with Gasteiger partial charge in [0.15, 0.2) is 5.78 Å². The number of nitro benzene ring substituents is 1. The first kappa shape index (κ1) is 16.5. The number of benzene rings is 2. The van der Waals surface area contributed by atoms with E-state index in [1.807, 2.05) is 12.1 Å². The van der Waals surface area contributed by atoms with Crippen LogP contribution in [-0.2, 0) is 0 Å². The number of nitro groups is 1. The van der Waals surface area contributed by atoms with E-state index in [4.69, 9.17) is 11.6 Å². The van der Waals surface area contributed by atoms with Gasteiger partial charge in [-0.15, -0.1) is 0 Å². The van der Waals surface area contributed by atoms with E-state index in [0.717, 1.165) is 4.47 Å². The van der Waals surface area contributed by atoms with Crippen LogP contribution in [0.1, 0.15) is 16.8 Å². The van der Waals surface area contributed by atoms with Crippen LogP contribution in [0.25, 0.3) is 0 Å². The van der Waals surface area contributed by atoms with Crippen LogP contribution in [0.5, 0.6) is 0 Å². The summed E-state index contributed by atoms with van der Waals surface area (Å²) in [6.45, 7) is 0.383. The largest absolute Gasteiger partial charge is 0.384 e. The average Bonchev–Trinajstić information content (AvgIpc) is 2.49. The monoisotopic (exact) mass is 382 g/mol. The zero-order valence-corrected chi connectivity index (χ0v) is 13.7. The van der Waals surface area contributed by atoms with E-state index >= 15 is 0 Å². The Labute approximate surface area is 140 Å². The molecule has 0 heterocycles. The summed E-state index contributed by atoms with van der Waals surface area (Å²) >= 11 is 9.05. The molecule has 0 aliphatic rings. The topological polar surface area (TPSA) is 72.2 Å². The SMILES string of the molecule is O=C(CCNc1ccc(Cl)c([N+](=O)[O-])c1)c1ccc(Br)cc1. The van der Waals surface area contributed by atoms with E-state index in [0.29, 0.717) is 17.8 Å². The van der Waals surface area contributed by atoms with Crippen molar-refractivity contribution in [1.29, 1.82) is 0 Å². The highest BCUT2D eigenvalue weighted by Gasteiger charge is 2.12. The van der Waals surface area contributed by atoms with Gasteiger partial charge in [0.05, 0.1) is 4.92 Å². The molecule has 0 atom stereocenters. The first-order valence-electron chi connectivity index (χ1n) is 6.44. The highest BCUT2D eigenvalue weighted by Crippen LogP contribution is 2.27. The summed E-state index contributed by atoms with van der Waals surface area (Å²) in [5.74, 6) is 0.00321. The number of carbonyl (C=O) groups excluding carboxylic acids is 1. The summed E-state index contributed by atoms with van der Waals surface area (Å²) in [5.41, 5.74) is 1.03. The fourth-order valence-corrected chi connectivity index (χ4v) is 2.31. The van der Waals surface area contributed by atoms with Crippen LogP contribution in [0.15, 0.2) is 46.9 Å². The van der Waals surface area contributed by atoms with Crippen molar-refractivity contribution in [2.24, 2.45) is 0 Å². The summed E-state index contributed by atoms with van der Waals surface area (Å²) < 4.78 is 0.913. The van der Waals surface area contributed by atoms with Gasteiger partial charge in [-0.3, -0.25) is 14.9 Å². The van der Waals surface area contributed by atoms with Gasteiger partial charge < -0.3 is 5.32 Å². The first-order chi connectivity index (χ1) is 10.5. The van der Waals surface area contributed by atoms with Gasteiger partial charge in [-0.05, 0) is 24.3 Å². The normalized spacial score (nSPS) is 10.3. The van der Waals surface area contributed by atoms with Crippen molar-refractivity contribution in [1.82, 2.24) is 0 Å². The minimum Gasteiger partial charge on any atom is -0.384 e. The lowest BCUT2D eigenvalue weighted by molar-refractivity contribution is -0.384. The van der Waals surface area contributed by atoms with Crippen molar-refractivity contribution < 1.29 is 9.72 Å². The third-order valence-electron chi connectivity index (χ3n) is 2.99. The van der Waals surface area contributed by atoms with E-state index in [1.54, 1.807) is 18.2 Å². The van der Waals surface area contributed by atoms with Gasteiger partial charge in [0, 0.05) is 34.8 Å². The molecular weight excluding hydrogens is 372 g/mol. The fraction of sp³-hybridized carbons (Fsp3) is 0.133. The predicted molar refractivity (Wildman–Crippen MR) is 89.7 cm³/mol. The Hall–Kier alpha value is -1.92. The van der Waals surface area contributed by atoms with Crippen molar-refractivity contribution in [3.8, 4) is 0 Å². The molecule has 0 aromatic heterocycles. The lowest BCUT2D eigenvalue weighted by Gasteiger charge is -2.06. The van der Waals surface area contributed by atoms with Crippen molar-refractivity contribution in [3.63, 3.8) is 0 Å². The zero-order chi connectivity index (χ0) is 16.1. The van der Waals surface area contributed by atoms with Crippen LogP contribution >= 0.6 is 27.5 Å². The Morgan fingerprint density at radius 3 is 2.55 bits per heavy atom. The number of hydrogen-bond donors (Lipinski definition) is 1. The minimum absolute atomic E-state index is 0.00321. The van der Waals surface area contributed by atoms with Crippen LogP contribution in [0.4, 0.5) is 11.4 Å². The van der Waals surface area contributed by atoms with E-state index < -0.39 is 4.92 Å². The number of nitrogens with zero attached hydrogens (tertiary/aromatic N) is 1. The van der Waals surface area contributed by atoms with E-state index in [9.17, 15) is 14.9 Å². The van der Waals surface area contributed by atoms with E-state index in [1.165, 1.54) is 12.1 Å². The first-order valence-corrected chi connectivity index (χ1v) is 7.61. The third-order valence-corrected chi connectivity index (χ3v) is 3.84. The molecule has 0 aliphatic carbocycles. The van der Waals surface area contributed by atoms with Crippen molar-refractivity contribution in [2.45, 2.75) is 6.42 Å². The van der Waals surface area contributed by atoms with E-state index in [2.05, 4.69) is 21.2 Å². The van der Waals surface area contributed by atoms with Gasteiger partial charge in [-0.1, -0.05) is 39.7 Å².